The van der Waals surface area contributed by atoms with Gasteiger partial charge in [-0.25, -0.2) is 15.0 Å². The van der Waals surface area contributed by atoms with Gasteiger partial charge in [0.05, 0.1) is 28.6 Å². The first-order chi connectivity index (χ1) is 21.1. The van der Waals surface area contributed by atoms with E-state index < -0.39 is 12.2 Å². The molecule has 0 amide bonds. The summed E-state index contributed by atoms with van der Waals surface area (Å²) in [5, 5.41) is 23.1. The van der Waals surface area contributed by atoms with Crippen LogP contribution in [-0.4, -0.2) is 71.0 Å². The molecule has 3 aromatic heterocycles. The summed E-state index contributed by atoms with van der Waals surface area (Å²) in [6.07, 6.45) is 12.3. The van der Waals surface area contributed by atoms with Crippen LogP contribution in [0.3, 0.4) is 0 Å². The molecule has 7 rings (SSSR count). The smallest absolute Gasteiger partial charge is 0.145 e. The Bertz CT molecular complexity index is 1600. The van der Waals surface area contributed by atoms with Gasteiger partial charge in [0.1, 0.15) is 29.7 Å². The number of nitrogens with zero attached hydrogens (tertiary/aromatic N) is 5. The molecule has 0 aliphatic heterocycles. The number of anilines is 1. The normalized spacial score (nSPS) is 27.8. The Morgan fingerprint density at radius 1 is 1.02 bits per heavy atom. The van der Waals surface area contributed by atoms with E-state index in [1.807, 2.05) is 16.8 Å². The number of imidazole rings is 1. The van der Waals surface area contributed by atoms with Crippen LogP contribution in [0.5, 0.6) is 0 Å². The van der Waals surface area contributed by atoms with Crippen molar-refractivity contribution in [3.8, 4) is 0 Å². The van der Waals surface area contributed by atoms with Crippen LogP contribution in [0, 0.1) is 17.8 Å². The monoisotopic (exact) mass is 599 g/mol. The van der Waals surface area contributed by atoms with Crippen LogP contribution < -0.4 is 5.73 Å². The van der Waals surface area contributed by atoms with Crippen LogP contribution in [0.4, 0.5) is 5.82 Å². The maximum absolute atomic E-state index is 11.2. The van der Waals surface area contributed by atoms with Crippen molar-refractivity contribution in [3.05, 3.63) is 48.2 Å². The third-order valence-corrected chi connectivity index (χ3v) is 11.0. The van der Waals surface area contributed by atoms with Gasteiger partial charge in [0.25, 0.3) is 0 Å². The van der Waals surface area contributed by atoms with Gasteiger partial charge in [0.15, 0.2) is 0 Å². The van der Waals surface area contributed by atoms with Crippen LogP contribution in [0.2, 0.25) is 0 Å². The van der Waals surface area contributed by atoms with E-state index in [4.69, 9.17) is 10.7 Å². The number of nitrogen functional groups attached to an aromatic ring is 1. The molecule has 9 nitrogen and oxygen atoms in total. The molecule has 3 fully saturated rings. The van der Waals surface area contributed by atoms with E-state index >= 15 is 0 Å². The number of aliphatic hydroxyl groups excluding tert-OH is 2. The maximum atomic E-state index is 11.2. The molecule has 3 saturated carbocycles. The fourth-order valence-corrected chi connectivity index (χ4v) is 7.93. The van der Waals surface area contributed by atoms with Crippen LogP contribution in [0.1, 0.15) is 89.6 Å². The highest BCUT2D eigenvalue weighted by Gasteiger charge is 2.45. The standard InChI is InChI=1S/C35H49N7O2/c1-35(2,3)24-10-11-27-28(17-24)40-30(39-27)9-5-8-22-14-25(15-22)41(18-21-6-4-7-21)19-23-16-29(32(44)31(23)43)42-13-12-26-33(36)37-20-38-34(26)42/h10-13,17,20-23,25,29,31-32,43-44H,4-9,14-16,18-19H2,1-3H3,(H,39,40)(H2,36,37,38)/t22-,23-,25+,29-,31-,32+/m1/s1. The lowest BCUT2D eigenvalue weighted by Gasteiger charge is -2.46. The van der Waals surface area contributed by atoms with Crippen molar-refractivity contribution >= 4 is 27.9 Å². The molecule has 4 aromatic rings. The van der Waals surface area contributed by atoms with E-state index in [9.17, 15) is 10.2 Å². The number of benzene rings is 1. The summed E-state index contributed by atoms with van der Waals surface area (Å²) in [5.41, 5.74) is 10.4. The second-order valence-electron chi connectivity index (χ2n) is 15.1. The average Bonchev–Trinajstić information content (AvgIpc) is 3.63. The van der Waals surface area contributed by atoms with Crippen LogP contribution in [-0.2, 0) is 11.8 Å². The fourth-order valence-electron chi connectivity index (χ4n) is 7.93. The topological polar surface area (TPSA) is 129 Å². The molecular weight excluding hydrogens is 550 g/mol. The van der Waals surface area contributed by atoms with Crippen LogP contribution in [0.15, 0.2) is 36.8 Å². The highest BCUT2D eigenvalue weighted by Crippen LogP contribution is 2.42. The zero-order chi connectivity index (χ0) is 30.6. The molecule has 0 saturated heterocycles. The minimum Gasteiger partial charge on any atom is -0.390 e. The Balaban J connectivity index is 0.947. The minimum absolute atomic E-state index is 0.0256. The van der Waals surface area contributed by atoms with Crippen molar-refractivity contribution < 1.29 is 10.2 Å². The van der Waals surface area contributed by atoms with E-state index in [2.05, 4.69) is 58.8 Å². The summed E-state index contributed by atoms with van der Waals surface area (Å²) in [6, 6.07) is 8.88. The SMILES string of the molecule is CC(C)(C)c1ccc2[nH]c(CCC[C@H]3C[C@@H](N(CC4CCC4)C[C@H]4C[C@@H](n5ccc6c(N)ncnc65)[C@H](O)[C@@H]4O)C3)nc2c1. The quantitative estimate of drug-likeness (QED) is 0.193. The second-order valence-corrected chi connectivity index (χ2v) is 15.1. The number of aliphatic hydroxyl groups is 2. The van der Waals surface area contributed by atoms with Crippen molar-refractivity contribution in [3.63, 3.8) is 0 Å². The predicted octanol–water partition coefficient (Wildman–Crippen LogP) is 5.37. The summed E-state index contributed by atoms with van der Waals surface area (Å²) in [4.78, 5) is 19.7. The summed E-state index contributed by atoms with van der Waals surface area (Å²) in [7, 11) is 0. The van der Waals surface area contributed by atoms with E-state index in [0.29, 0.717) is 11.9 Å². The Kier molecular flexibility index (Phi) is 7.91. The third-order valence-electron chi connectivity index (χ3n) is 11.0. The molecule has 3 heterocycles. The van der Waals surface area contributed by atoms with Gasteiger partial charge >= 0.3 is 0 Å². The number of hydrogen-bond donors (Lipinski definition) is 4. The molecule has 44 heavy (non-hydrogen) atoms. The van der Waals surface area contributed by atoms with E-state index in [0.717, 1.165) is 72.1 Å². The first kappa shape index (κ1) is 29.7. The number of H-pyrrole nitrogens is 1. The molecule has 0 spiro atoms. The number of aromatic nitrogens is 5. The number of aryl methyl sites for hydroxylation is 1. The number of hydrogen-bond acceptors (Lipinski definition) is 7. The Morgan fingerprint density at radius 2 is 1.84 bits per heavy atom. The third kappa shape index (κ3) is 5.74. The zero-order valence-corrected chi connectivity index (χ0v) is 26.5. The molecule has 0 radical (unpaired) electrons. The van der Waals surface area contributed by atoms with Gasteiger partial charge in [-0.2, -0.15) is 0 Å². The van der Waals surface area contributed by atoms with Crippen molar-refractivity contribution in [2.75, 3.05) is 18.8 Å². The fraction of sp³-hybridized carbons (Fsp3) is 0.629. The summed E-state index contributed by atoms with van der Waals surface area (Å²) in [6.45, 7) is 8.70. The number of aromatic amines is 1. The molecule has 0 unspecified atom stereocenters. The number of fused-ring (bicyclic) bond motifs is 2. The van der Waals surface area contributed by atoms with E-state index in [-0.39, 0.29) is 17.4 Å². The average molecular weight is 600 g/mol. The molecule has 1 aromatic carbocycles. The lowest BCUT2D eigenvalue weighted by Crippen LogP contribution is -2.50. The minimum atomic E-state index is -0.829. The molecule has 3 aliphatic carbocycles. The summed E-state index contributed by atoms with van der Waals surface area (Å²) < 4.78 is 1.99. The summed E-state index contributed by atoms with van der Waals surface area (Å²) >= 11 is 0. The zero-order valence-electron chi connectivity index (χ0n) is 26.5. The van der Waals surface area contributed by atoms with Crippen LogP contribution in [0.25, 0.3) is 22.1 Å². The van der Waals surface area contributed by atoms with Crippen molar-refractivity contribution in [2.24, 2.45) is 17.8 Å². The van der Waals surface area contributed by atoms with Gasteiger partial charge in [0, 0.05) is 37.7 Å². The highest BCUT2D eigenvalue weighted by molar-refractivity contribution is 5.86. The predicted molar refractivity (Wildman–Crippen MR) is 174 cm³/mol. The van der Waals surface area contributed by atoms with Gasteiger partial charge in [-0.3, -0.25) is 4.90 Å². The second kappa shape index (κ2) is 11.7. The van der Waals surface area contributed by atoms with Gasteiger partial charge < -0.3 is 25.5 Å². The van der Waals surface area contributed by atoms with Gasteiger partial charge in [0.2, 0.25) is 0 Å². The number of nitrogens with one attached hydrogen (secondary N) is 1. The van der Waals surface area contributed by atoms with E-state index in [1.54, 1.807) is 0 Å². The van der Waals surface area contributed by atoms with Crippen molar-refractivity contribution in [2.45, 2.75) is 108 Å². The number of nitrogens with two attached hydrogens (primary N) is 1. The molecule has 236 valence electrons. The molecule has 5 N–H and O–H groups in total. The first-order valence-electron chi connectivity index (χ1n) is 16.8. The van der Waals surface area contributed by atoms with Crippen molar-refractivity contribution in [1.82, 2.24) is 29.4 Å². The molecule has 4 atom stereocenters. The molecular formula is C35H49N7O2. The van der Waals surface area contributed by atoms with Gasteiger partial charge in [-0.1, -0.05) is 33.3 Å². The van der Waals surface area contributed by atoms with E-state index in [1.165, 1.54) is 50.4 Å². The molecule has 9 heteroatoms. The summed E-state index contributed by atoms with van der Waals surface area (Å²) in [5.74, 6) is 3.09. The van der Waals surface area contributed by atoms with Gasteiger partial charge in [-0.15, -0.1) is 0 Å². The number of rotatable bonds is 10. The van der Waals surface area contributed by atoms with Crippen molar-refractivity contribution in [1.29, 1.82) is 0 Å². The highest BCUT2D eigenvalue weighted by atomic mass is 16.3. The van der Waals surface area contributed by atoms with Gasteiger partial charge in [-0.05, 0) is 86.0 Å². The Labute approximate surface area is 260 Å². The lowest BCUT2D eigenvalue weighted by atomic mass is 9.75. The largest absolute Gasteiger partial charge is 0.390 e. The van der Waals surface area contributed by atoms with Crippen LogP contribution >= 0.6 is 0 Å². The lowest BCUT2D eigenvalue weighted by molar-refractivity contribution is -0.0170. The molecule has 0 bridgehead atoms. The Morgan fingerprint density at radius 3 is 2.59 bits per heavy atom. The Hall–Kier alpha value is -3.01. The first-order valence-corrected chi connectivity index (χ1v) is 16.8. The molecule has 3 aliphatic rings. The maximum Gasteiger partial charge on any atom is 0.145 e.